The van der Waals surface area contributed by atoms with E-state index in [-0.39, 0.29) is 6.61 Å². The molecule has 0 amide bonds. The number of nitrogens with zero attached hydrogens (tertiary/aromatic N) is 1. The topological polar surface area (TPSA) is 76.4 Å². The third-order valence-electron chi connectivity index (χ3n) is 2.48. The molecule has 0 bridgehead atoms. The van der Waals surface area contributed by atoms with Crippen LogP contribution in [0.1, 0.15) is 19.9 Å². The first-order valence-corrected chi connectivity index (χ1v) is 5.38. The monoisotopic (exact) mass is 223 g/mol. The van der Waals surface area contributed by atoms with Crippen LogP contribution in [0.2, 0.25) is 0 Å². The molecule has 0 spiro atoms. The van der Waals surface area contributed by atoms with Crippen molar-refractivity contribution in [3.05, 3.63) is 12.1 Å². The highest BCUT2D eigenvalue weighted by molar-refractivity contribution is 5.82. The summed E-state index contributed by atoms with van der Waals surface area (Å²) in [6.07, 6.45) is 0. The molecule has 0 aromatic carbocycles. The van der Waals surface area contributed by atoms with Crippen LogP contribution in [0.15, 0.2) is 16.5 Å². The van der Waals surface area contributed by atoms with Gasteiger partial charge in [-0.1, -0.05) is 0 Å². The summed E-state index contributed by atoms with van der Waals surface area (Å²) < 4.78 is 7.58. The molecule has 0 saturated carbocycles. The number of aliphatic hydroxyl groups excluding tert-OH is 1. The number of hydrogen-bond donors (Lipinski definition) is 3. The van der Waals surface area contributed by atoms with Crippen LogP contribution in [0, 0.1) is 0 Å². The van der Waals surface area contributed by atoms with Gasteiger partial charge in [0.1, 0.15) is 5.82 Å². The molecular formula is C11H17N3O2. The Bertz CT molecular complexity index is 485. The number of rotatable bonds is 4. The maximum Gasteiger partial charge on any atom is 0.195 e. The highest BCUT2D eigenvalue weighted by Gasteiger charge is 2.13. The Labute approximate surface area is 93.8 Å². The molecule has 5 heteroatoms. The van der Waals surface area contributed by atoms with Crippen molar-refractivity contribution in [1.82, 2.24) is 4.57 Å². The van der Waals surface area contributed by atoms with Gasteiger partial charge in [-0.15, -0.1) is 0 Å². The molecule has 0 aliphatic rings. The average molecular weight is 223 g/mol. The fourth-order valence-corrected chi connectivity index (χ4v) is 1.87. The van der Waals surface area contributed by atoms with Gasteiger partial charge in [-0.3, -0.25) is 0 Å². The van der Waals surface area contributed by atoms with Gasteiger partial charge >= 0.3 is 0 Å². The van der Waals surface area contributed by atoms with Crippen molar-refractivity contribution in [2.75, 3.05) is 24.2 Å². The molecule has 16 heavy (non-hydrogen) atoms. The fourth-order valence-electron chi connectivity index (χ4n) is 1.87. The Kier molecular flexibility index (Phi) is 2.78. The first-order chi connectivity index (χ1) is 7.63. The van der Waals surface area contributed by atoms with Crippen LogP contribution in [0.5, 0.6) is 0 Å². The summed E-state index contributed by atoms with van der Waals surface area (Å²) in [6.45, 7) is 4.71. The molecule has 2 heterocycles. The molecule has 5 nitrogen and oxygen atoms in total. The Balaban J connectivity index is 2.39. The number of anilines is 2. The van der Waals surface area contributed by atoms with Crippen LogP contribution in [-0.2, 0) is 0 Å². The second kappa shape index (κ2) is 4.09. The molecule has 0 saturated heterocycles. The van der Waals surface area contributed by atoms with Gasteiger partial charge in [0.25, 0.3) is 0 Å². The average Bonchev–Trinajstić information content (AvgIpc) is 2.69. The molecule has 0 radical (unpaired) electrons. The third kappa shape index (κ3) is 1.74. The van der Waals surface area contributed by atoms with E-state index in [1.807, 2.05) is 16.7 Å². The minimum atomic E-state index is 0.0806. The Morgan fingerprint density at radius 3 is 2.88 bits per heavy atom. The molecule has 0 fully saturated rings. The smallest absolute Gasteiger partial charge is 0.195 e. The van der Waals surface area contributed by atoms with Gasteiger partial charge in [-0.25, -0.2) is 0 Å². The lowest BCUT2D eigenvalue weighted by atomic mass is 10.4. The van der Waals surface area contributed by atoms with Gasteiger partial charge in [0.2, 0.25) is 0 Å². The first kappa shape index (κ1) is 10.9. The standard InChI is InChI=1S/C11H17N3O2/c1-7(2)14-8-5-11(13-3-4-15)16-9(8)6-10(14)12/h5-7,13,15H,3-4,12H2,1-2H3. The first-order valence-electron chi connectivity index (χ1n) is 5.38. The molecule has 0 unspecified atom stereocenters. The van der Waals surface area contributed by atoms with E-state index in [1.165, 1.54) is 0 Å². The van der Waals surface area contributed by atoms with Crippen LogP contribution < -0.4 is 11.1 Å². The van der Waals surface area contributed by atoms with Crippen molar-refractivity contribution in [2.24, 2.45) is 0 Å². The summed E-state index contributed by atoms with van der Waals surface area (Å²) in [5.41, 5.74) is 7.64. The Morgan fingerprint density at radius 2 is 2.25 bits per heavy atom. The molecular weight excluding hydrogens is 206 g/mol. The lowest BCUT2D eigenvalue weighted by Gasteiger charge is -2.10. The molecule has 88 valence electrons. The maximum absolute atomic E-state index is 8.71. The maximum atomic E-state index is 8.71. The number of furan rings is 1. The minimum absolute atomic E-state index is 0.0806. The van der Waals surface area contributed by atoms with E-state index in [2.05, 4.69) is 19.2 Å². The van der Waals surface area contributed by atoms with E-state index in [4.69, 9.17) is 15.3 Å². The largest absolute Gasteiger partial charge is 0.439 e. The van der Waals surface area contributed by atoms with Crippen molar-refractivity contribution < 1.29 is 9.52 Å². The van der Waals surface area contributed by atoms with Crippen LogP contribution in [-0.4, -0.2) is 22.8 Å². The van der Waals surface area contributed by atoms with Crippen molar-refractivity contribution in [3.8, 4) is 0 Å². The Hall–Kier alpha value is -1.62. The predicted molar refractivity (Wildman–Crippen MR) is 64.6 cm³/mol. The van der Waals surface area contributed by atoms with Gasteiger partial charge in [-0.05, 0) is 13.8 Å². The van der Waals surface area contributed by atoms with E-state index < -0.39 is 0 Å². The number of nitrogen functional groups attached to an aromatic ring is 1. The van der Waals surface area contributed by atoms with E-state index in [9.17, 15) is 0 Å². The molecule has 4 N–H and O–H groups in total. The van der Waals surface area contributed by atoms with Crippen LogP contribution >= 0.6 is 0 Å². The lowest BCUT2D eigenvalue weighted by Crippen LogP contribution is -2.05. The number of fused-ring (bicyclic) bond motifs is 1. The number of aliphatic hydroxyl groups is 1. The van der Waals surface area contributed by atoms with Crippen molar-refractivity contribution in [1.29, 1.82) is 0 Å². The van der Waals surface area contributed by atoms with Gasteiger partial charge in [0.15, 0.2) is 11.5 Å². The molecule has 0 aliphatic heterocycles. The SMILES string of the molecule is CC(C)n1c(N)cc2oc(NCCO)cc21. The number of nitrogens with one attached hydrogen (secondary N) is 1. The van der Waals surface area contributed by atoms with E-state index in [1.54, 1.807) is 0 Å². The van der Waals surface area contributed by atoms with Crippen molar-refractivity contribution >= 4 is 22.8 Å². The zero-order valence-electron chi connectivity index (χ0n) is 9.53. The lowest BCUT2D eigenvalue weighted by molar-refractivity contribution is 0.310. The van der Waals surface area contributed by atoms with E-state index >= 15 is 0 Å². The second-order valence-corrected chi connectivity index (χ2v) is 4.04. The molecule has 2 aromatic rings. The van der Waals surface area contributed by atoms with E-state index in [0.29, 0.717) is 24.3 Å². The van der Waals surface area contributed by atoms with E-state index in [0.717, 1.165) is 11.1 Å². The zero-order chi connectivity index (χ0) is 11.7. The fraction of sp³-hybridized carbons (Fsp3) is 0.455. The quantitative estimate of drug-likeness (QED) is 0.738. The summed E-state index contributed by atoms with van der Waals surface area (Å²) in [7, 11) is 0. The summed E-state index contributed by atoms with van der Waals surface area (Å²) >= 11 is 0. The molecule has 0 atom stereocenters. The third-order valence-corrected chi connectivity index (χ3v) is 2.48. The zero-order valence-corrected chi connectivity index (χ0v) is 9.53. The van der Waals surface area contributed by atoms with Crippen LogP contribution in [0.3, 0.4) is 0 Å². The molecule has 2 rings (SSSR count). The Morgan fingerprint density at radius 1 is 1.50 bits per heavy atom. The van der Waals surface area contributed by atoms with Gasteiger partial charge in [0, 0.05) is 24.7 Å². The molecule has 0 aliphatic carbocycles. The van der Waals surface area contributed by atoms with Crippen LogP contribution in [0.4, 0.5) is 11.7 Å². The van der Waals surface area contributed by atoms with Crippen LogP contribution in [0.25, 0.3) is 11.1 Å². The highest BCUT2D eigenvalue weighted by atomic mass is 16.4. The summed E-state index contributed by atoms with van der Waals surface area (Å²) in [5.74, 6) is 1.37. The van der Waals surface area contributed by atoms with Crippen molar-refractivity contribution in [3.63, 3.8) is 0 Å². The number of aromatic nitrogens is 1. The highest BCUT2D eigenvalue weighted by Crippen LogP contribution is 2.30. The van der Waals surface area contributed by atoms with Gasteiger partial charge in [0.05, 0.1) is 12.1 Å². The number of nitrogens with two attached hydrogens (primary N) is 1. The predicted octanol–water partition coefficient (Wildman–Crippen LogP) is 1.80. The second-order valence-electron chi connectivity index (χ2n) is 4.04. The number of hydrogen-bond acceptors (Lipinski definition) is 4. The summed E-state index contributed by atoms with van der Waals surface area (Å²) in [4.78, 5) is 0. The van der Waals surface area contributed by atoms with Crippen molar-refractivity contribution in [2.45, 2.75) is 19.9 Å². The van der Waals surface area contributed by atoms with Gasteiger partial charge in [-0.2, -0.15) is 0 Å². The van der Waals surface area contributed by atoms with Gasteiger partial charge < -0.3 is 25.1 Å². The minimum Gasteiger partial charge on any atom is -0.439 e. The normalized spacial score (nSPS) is 11.5. The summed E-state index contributed by atoms with van der Waals surface area (Å²) in [6, 6.07) is 4.02. The molecule has 2 aromatic heterocycles. The summed E-state index contributed by atoms with van der Waals surface area (Å²) in [5, 5.41) is 11.7.